The third-order valence-corrected chi connectivity index (χ3v) is 2.83. The minimum Gasteiger partial charge on any atom is -0.309 e. The molecule has 0 radical (unpaired) electrons. The summed E-state index contributed by atoms with van der Waals surface area (Å²) in [7, 11) is -2.45. The van der Waals surface area contributed by atoms with Gasteiger partial charge in [-0.3, -0.25) is 0 Å². The highest BCUT2D eigenvalue weighted by Crippen LogP contribution is 2.13. The van der Waals surface area contributed by atoms with Crippen LogP contribution in [0.25, 0.3) is 0 Å². The average molecular weight is 174 g/mol. The topological polar surface area (TPSA) is 0 Å². The zero-order valence-corrected chi connectivity index (χ0v) is 9.19. The van der Waals surface area contributed by atoms with Crippen molar-refractivity contribution in [1.29, 1.82) is 0 Å². The van der Waals surface area contributed by atoms with Crippen LogP contribution in [0.3, 0.4) is 0 Å². The predicted molar refractivity (Wildman–Crippen MR) is 51.7 cm³/mol. The third kappa shape index (κ3) is 6.29. The Bertz CT molecular complexity index is 133. The predicted octanol–water partition coefficient (Wildman–Crippen LogP) is 3.55. The summed E-state index contributed by atoms with van der Waals surface area (Å²) in [6, 6.07) is 0. The summed E-state index contributed by atoms with van der Waals surface area (Å²) in [5.41, 5.74) is 1.78. The quantitative estimate of drug-likeness (QED) is 0.453. The van der Waals surface area contributed by atoms with Crippen LogP contribution < -0.4 is 0 Å². The zero-order chi connectivity index (χ0) is 9.07. The van der Waals surface area contributed by atoms with E-state index in [4.69, 9.17) is 0 Å². The van der Waals surface area contributed by atoms with E-state index in [0.29, 0.717) is 11.8 Å². The average Bonchev–Trinajstić information content (AvgIpc) is 1.80. The van der Waals surface area contributed by atoms with Crippen LogP contribution >= 0.6 is 0 Å². The van der Waals surface area contributed by atoms with Gasteiger partial charge in [0.25, 0.3) is 8.41 Å². The van der Waals surface area contributed by atoms with E-state index >= 15 is 0 Å². The molecule has 0 aliphatic carbocycles. The first-order chi connectivity index (χ1) is 4.83. The number of hydrogen-bond acceptors (Lipinski definition) is 0. The molecule has 0 aromatic heterocycles. The lowest BCUT2D eigenvalue weighted by Crippen LogP contribution is -2.14. The minimum absolute atomic E-state index is 0.498. The van der Waals surface area contributed by atoms with Gasteiger partial charge in [0.1, 0.15) is 0 Å². The first-order valence-electron chi connectivity index (χ1n) is 4.21. The Morgan fingerprint density at radius 2 is 1.64 bits per heavy atom. The van der Waals surface area contributed by atoms with Crippen molar-refractivity contribution in [3.05, 3.63) is 11.8 Å². The maximum absolute atomic E-state index is 13.1. The van der Waals surface area contributed by atoms with Gasteiger partial charge in [0.2, 0.25) is 0 Å². The van der Waals surface area contributed by atoms with Gasteiger partial charge in [-0.1, -0.05) is 32.5 Å². The van der Waals surface area contributed by atoms with Gasteiger partial charge < -0.3 is 4.11 Å². The van der Waals surface area contributed by atoms with Gasteiger partial charge in [-0.15, -0.1) is 0 Å². The van der Waals surface area contributed by atoms with Crippen LogP contribution in [0.5, 0.6) is 0 Å². The summed E-state index contributed by atoms with van der Waals surface area (Å²) in [5, 5.41) is 0. The lowest BCUT2D eigenvalue weighted by atomic mass is 9.99. The van der Waals surface area contributed by atoms with Crippen molar-refractivity contribution >= 4 is 8.41 Å². The van der Waals surface area contributed by atoms with Gasteiger partial charge in [0.15, 0.2) is 0 Å². The first-order valence-corrected chi connectivity index (χ1v) is 7.17. The Morgan fingerprint density at radius 3 is 1.91 bits per heavy atom. The molecule has 0 bridgehead atoms. The van der Waals surface area contributed by atoms with Crippen molar-refractivity contribution in [2.45, 2.75) is 33.9 Å². The Labute approximate surface area is 70.7 Å². The van der Waals surface area contributed by atoms with Gasteiger partial charge in [-0.2, -0.15) is 0 Å². The summed E-state index contributed by atoms with van der Waals surface area (Å²) in [5.74, 6) is 1.11. The van der Waals surface area contributed by atoms with Gasteiger partial charge >= 0.3 is 0 Å². The van der Waals surface area contributed by atoms with Crippen LogP contribution in [-0.4, -0.2) is 8.41 Å². The highest BCUT2D eigenvalue weighted by Gasteiger charge is 2.15. The molecular weight excluding hydrogens is 155 g/mol. The first kappa shape index (κ1) is 10.9. The lowest BCUT2D eigenvalue weighted by molar-refractivity contribution is 0.504. The molecule has 0 saturated carbocycles. The second-order valence-electron chi connectivity index (χ2n) is 4.03. The monoisotopic (exact) mass is 174 g/mol. The molecule has 0 N–H and O–H groups in total. The number of hydrogen-bond donors (Lipinski definition) is 0. The van der Waals surface area contributed by atoms with Crippen molar-refractivity contribution in [1.82, 2.24) is 0 Å². The van der Waals surface area contributed by atoms with Crippen LogP contribution in [0, 0.1) is 11.8 Å². The normalized spacial score (nSPS) is 16.3. The molecular formula is C9H19FSi. The van der Waals surface area contributed by atoms with Crippen molar-refractivity contribution < 1.29 is 4.11 Å². The Morgan fingerprint density at radius 1 is 1.18 bits per heavy atom. The SMILES string of the molecule is CC(C)[C@@H](C)/C=C/[Si](C)(C)F. The van der Waals surface area contributed by atoms with Gasteiger partial charge in [-0.05, 0) is 24.9 Å². The van der Waals surface area contributed by atoms with E-state index in [1.807, 2.05) is 6.08 Å². The van der Waals surface area contributed by atoms with Crippen molar-refractivity contribution in [2.75, 3.05) is 0 Å². The Hall–Kier alpha value is -0.113. The van der Waals surface area contributed by atoms with Crippen LogP contribution in [-0.2, 0) is 0 Å². The van der Waals surface area contributed by atoms with Gasteiger partial charge in [0, 0.05) is 0 Å². The molecule has 0 fully saturated rings. The second kappa shape index (κ2) is 4.05. The van der Waals surface area contributed by atoms with E-state index in [9.17, 15) is 4.11 Å². The molecule has 0 spiro atoms. The molecule has 66 valence electrons. The minimum atomic E-state index is -2.45. The van der Waals surface area contributed by atoms with Crippen molar-refractivity contribution in [2.24, 2.45) is 11.8 Å². The largest absolute Gasteiger partial charge is 0.309 e. The Kier molecular flexibility index (Phi) is 4.01. The van der Waals surface area contributed by atoms with Crippen molar-refractivity contribution in [3.63, 3.8) is 0 Å². The molecule has 1 atom stereocenters. The van der Waals surface area contributed by atoms with Crippen molar-refractivity contribution in [3.8, 4) is 0 Å². The molecule has 0 heterocycles. The molecule has 0 unspecified atom stereocenters. The standard InChI is InChI=1S/C9H19FSi/c1-8(2)9(3)6-7-11(4,5)10/h6-9H,1-5H3/b7-6+/t9-/m0/s1. The molecule has 0 saturated heterocycles. The fraction of sp³-hybridized carbons (Fsp3) is 0.778. The zero-order valence-electron chi connectivity index (χ0n) is 8.19. The summed E-state index contributed by atoms with van der Waals surface area (Å²) in [4.78, 5) is 0. The maximum atomic E-state index is 13.1. The lowest BCUT2D eigenvalue weighted by Gasteiger charge is -2.11. The molecule has 2 heteroatoms. The third-order valence-electron chi connectivity index (χ3n) is 1.85. The van der Waals surface area contributed by atoms with Crippen LogP contribution in [0.4, 0.5) is 4.11 Å². The van der Waals surface area contributed by atoms with Gasteiger partial charge in [-0.25, -0.2) is 0 Å². The second-order valence-corrected chi connectivity index (χ2v) is 7.49. The fourth-order valence-electron chi connectivity index (χ4n) is 0.603. The molecule has 0 amide bonds. The van der Waals surface area contributed by atoms with E-state index in [1.165, 1.54) is 0 Å². The van der Waals surface area contributed by atoms with Crippen LogP contribution in [0.15, 0.2) is 11.8 Å². The molecule has 0 aromatic carbocycles. The number of allylic oxidation sites excluding steroid dienone is 1. The van der Waals surface area contributed by atoms with E-state index < -0.39 is 8.41 Å². The molecule has 0 rings (SSSR count). The molecule has 0 nitrogen and oxygen atoms in total. The molecule has 0 aliphatic rings. The molecule has 0 aliphatic heterocycles. The maximum Gasteiger partial charge on any atom is 0.264 e. The van der Waals surface area contributed by atoms with E-state index in [2.05, 4.69) is 20.8 Å². The van der Waals surface area contributed by atoms with Crippen LogP contribution in [0.2, 0.25) is 13.1 Å². The smallest absolute Gasteiger partial charge is 0.264 e. The summed E-state index contributed by atoms with van der Waals surface area (Å²) >= 11 is 0. The highest BCUT2D eigenvalue weighted by atomic mass is 28.4. The number of rotatable bonds is 3. The Balaban J connectivity index is 3.93. The van der Waals surface area contributed by atoms with Crippen LogP contribution in [0.1, 0.15) is 20.8 Å². The van der Waals surface area contributed by atoms with E-state index in [-0.39, 0.29) is 0 Å². The number of halogens is 1. The summed E-state index contributed by atoms with van der Waals surface area (Å²) < 4.78 is 13.1. The van der Waals surface area contributed by atoms with Gasteiger partial charge in [0.05, 0.1) is 0 Å². The fourth-order valence-corrected chi connectivity index (χ4v) is 1.36. The molecule has 11 heavy (non-hydrogen) atoms. The summed E-state index contributed by atoms with van der Waals surface area (Å²) in [6.07, 6.45) is 2.01. The van der Waals surface area contributed by atoms with E-state index in [1.54, 1.807) is 18.8 Å². The molecule has 0 aromatic rings. The summed E-state index contributed by atoms with van der Waals surface area (Å²) in [6.45, 7) is 9.85. The van der Waals surface area contributed by atoms with E-state index in [0.717, 1.165) is 0 Å². The highest BCUT2D eigenvalue weighted by molar-refractivity contribution is 6.75.